The van der Waals surface area contributed by atoms with Gasteiger partial charge in [-0.3, -0.25) is 5.26 Å². The van der Waals surface area contributed by atoms with Crippen LogP contribution in [0.1, 0.15) is 39.0 Å². The molecule has 0 amide bonds. The number of unbranched alkanes of at least 4 members (excludes halogenated alkanes) is 3. The van der Waals surface area contributed by atoms with Crippen molar-refractivity contribution in [3.8, 4) is 0 Å². The van der Waals surface area contributed by atoms with Crippen molar-refractivity contribution in [3.05, 3.63) is 0 Å². The maximum Gasteiger partial charge on any atom is 0.0820 e. The summed E-state index contributed by atoms with van der Waals surface area (Å²) in [4.78, 5) is 3.93. The second kappa shape index (κ2) is 10.9. The largest absolute Gasteiger partial charge is 0.381 e. The van der Waals surface area contributed by atoms with Gasteiger partial charge in [-0.15, -0.1) is 0 Å². The maximum atomic E-state index is 8.00. The Labute approximate surface area is 74.6 Å². The molecule has 0 fully saturated rings. The maximum absolute atomic E-state index is 8.00. The van der Waals surface area contributed by atoms with Crippen LogP contribution >= 0.6 is 0 Å². The molecule has 0 spiro atoms. The van der Waals surface area contributed by atoms with Crippen molar-refractivity contribution in [2.24, 2.45) is 0 Å². The lowest BCUT2D eigenvalue weighted by atomic mass is 10.3. The van der Waals surface area contributed by atoms with Crippen LogP contribution in [0.2, 0.25) is 0 Å². The Morgan fingerprint density at radius 1 is 0.917 bits per heavy atom. The van der Waals surface area contributed by atoms with Crippen LogP contribution in [-0.4, -0.2) is 25.1 Å². The Morgan fingerprint density at radius 2 is 1.50 bits per heavy atom. The smallest absolute Gasteiger partial charge is 0.0820 e. The quantitative estimate of drug-likeness (QED) is 0.333. The number of hydrogen-bond donors (Lipinski definition) is 1. The monoisotopic (exact) mass is 176 g/mol. The third kappa shape index (κ3) is 9.88. The first-order valence-electron chi connectivity index (χ1n) is 4.76. The van der Waals surface area contributed by atoms with Crippen molar-refractivity contribution in [3.63, 3.8) is 0 Å². The number of rotatable bonds is 9. The summed E-state index contributed by atoms with van der Waals surface area (Å²) >= 11 is 0. The molecule has 0 atom stereocenters. The van der Waals surface area contributed by atoms with E-state index in [1.165, 1.54) is 12.8 Å². The highest BCUT2D eigenvalue weighted by Gasteiger charge is 1.89. The highest BCUT2D eigenvalue weighted by Crippen LogP contribution is 1.96. The molecule has 3 heteroatoms. The molecule has 0 rings (SSSR count). The average molecular weight is 176 g/mol. The van der Waals surface area contributed by atoms with Crippen molar-refractivity contribution in [2.75, 3.05) is 19.8 Å². The minimum atomic E-state index is 0.415. The van der Waals surface area contributed by atoms with Gasteiger partial charge in [-0.1, -0.05) is 19.8 Å². The molecule has 0 saturated heterocycles. The average Bonchev–Trinajstić information content (AvgIpc) is 2.10. The van der Waals surface area contributed by atoms with Crippen LogP contribution in [-0.2, 0) is 9.62 Å². The molecule has 0 aliphatic heterocycles. The van der Waals surface area contributed by atoms with Crippen LogP contribution in [0.15, 0.2) is 0 Å². The van der Waals surface area contributed by atoms with E-state index < -0.39 is 0 Å². The van der Waals surface area contributed by atoms with Crippen LogP contribution in [0.4, 0.5) is 0 Å². The molecule has 74 valence electrons. The minimum Gasteiger partial charge on any atom is -0.381 e. The van der Waals surface area contributed by atoms with Crippen LogP contribution in [0, 0.1) is 0 Å². The van der Waals surface area contributed by atoms with E-state index in [9.17, 15) is 0 Å². The Balaban J connectivity index is 2.73. The van der Waals surface area contributed by atoms with Gasteiger partial charge in [-0.25, -0.2) is 4.89 Å². The van der Waals surface area contributed by atoms with Crippen LogP contribution in [0.5, 0.6) is 0 Å². The van der Waals surface area contributed by atoms with Crippen molar-refractivity contribution in [1.29, 1.82) is 0 Å². The van der Waals surface area contributed by atoms with Gasteiger partial charge < -0.3 is 4.74 Å². The summed E-state index contributed by atoms with van der Waals surface area (Å²) in [6, 6.07) is 0. The highest BCUT2D eigenvalue weighted by molar-refractivity contribution is 4.39. The van der Waals surface area contributed by atoms with Gasteiger partial charge in [0.25, 0.3) is 0 Å². The van der Waals surface area contributed by atoms with Crippen molar-refractivity contribution >= 4 is 0 Å². The number of hydrogen-bond acceptors (Lipinski definition) is 3. The molecule has 1 N–H and O–H groups in total. The van der Waals surface area contributed by atoms with E-state index in [0.29, 0.717) is 6.61 Å². The van der Waals surface area contributed by atoms with Gasteiger partial charge in [0.05, 0.1) is 6.61 Å². The fourth-order valence-electron chi connectivity index (χ4n) is 0.927. The lowest BCUT2D eigenvalue weighted by Gasteiger charge is -2.02. The first-order chi connectivity index (χ1) is 5.91. The normalized spacial score (nSPS) is 10.5. The second-order valence-electron chi connectivity index (χ2n) is 2.86. The summed E-state index contributed by atoms with van der Waals surface area (Å²) in [7, 11) is 0. The van der Waals surface area contributed by atoms with Gasteiger partial charge in [0.15, 0.2) is 0 Å². The molecule has 0 aromatic heterocycles. The molecule has 0 aliphatic rings. The molecule has 12 heavy (non-hydrogen) atoms. The van der Waals surface area contributed by atoms with Gasteiger partial charge in [0.2, 0.25) is 0 Å². The van der Waals surface area contributed by atoms with Crippen molar-refractivity contribution in [1.82, 2.24) is 0 Å². The Hall–Kier alpha value is -0.120. The van der Waals surface area contributed by atoms with E-state index in [1.54, 1.807) is 0 Å². The zero-order chi connectivity index (χ0) is 9.07. The minimum absolute atomic E-state index is 0.415. The van der Waals surface area contributed by atoms with E-state index in [-0.39, 0.29) is 0 Å². The molecule has 3 nitrogen and oxygen atoms in total. The third-order valence-corrected chi connectivity index (χ3v) is 1.67. The molecule has 0 heterocycles. The van der Waals surface area contributed by atoms with E-state index in [2.05, 4.69) is 11.8 Å². The van der Waals surface area contributed by atoms with Gasteiger partial charge >= 0.3 is 0 Å². The Morgan fingerprint density at radius 3 is 2.08 bits per heavy atom. The molecule has 0 unspecified atom stereocenters. The summed E-state index contributed by atoms with van der Waals surface area (Å²) in [6.07, 6.45) is 5.48. The Bertz CT molecular complexity index is 66.2. The summed E-state index contributed by atoms with van der Waals surface area (Å²) in [5, 5.41) is 8.00. The molecule has 0 aliphatic carbocycles. The van der Waals surface area contributed by atoms with Crippen LogP contribution in [0.3, 0.4) is 0 Å². The standard InChI is InChI=1S/C9H20O3/c1-2-3-4-7-11-8-5-6-9-12-10/h10H,2-9H2,1H3. The van der Waals surface area contributed by atoms with Gasteiger partial charge in [0, 0.05) is 13.2 Å². The van der Waals surface area contributed by atoms with E-state index in [0.717, 1.165) is 32.5 Å². The zero-order valence-corrected chi connectivity index (χ0v) is 7.92. The predicted molar refractivity (Wildman–Crippen MR) is 48.2 cm³/mol. The summed E-state index contributed by atoms with van der Waals surface area (Å²) in [5.74, 6) is 0. The lowest BCUT2D eigenvalue weighted by molar-refractivity contribution is -0.243. The first-order valence-corrected chi connectivity index (χ1v) is 4.76. The van der Waals surface area contributed by atoms with Crippen LogP contribution in [0.25, 0.3) is 0 Å². The lowest BCUT2D eigenvalue weighted by Crippen LogP contribution is -1.98. The number of ether oxygens (including phenoxy) is 1. The molecular formula is C9H20O3. The molecule has 0 aromatic carbocycles. The SMILES string of the molecule is CCCCCOCCCCOO. The molecule has 0 radical (unpaired) electrons. The van der Waals surface area contributed by atoms with Crippen LogP contribution < -0.4 is 0 Å². The van der Waals surface area contributed by atoms with Gasteiger partial charge in [0.1, 0.15) is 0 Å². The second-order valence-corrected chi connectivity index (χ2v) is 2.86. The van der Waals surface area contributed by atoms with E-state index >= 15 is 0 Å². The fourth-order valence-corrected chi connectivity index (χ4v) is 0.927. The summed E-state index contributed by atoms with van der Waals surface area (Å²) in [6.45, 7) is 4.25. The topological polar surface area (TPSA) is 38.7 Å². The Kier molecular flexibility index (Phi) is 10.8. The molecule has 0 aromatic rings. The zero-order valence-electron chi connectivity index (χ0n) is 7.92. The third-order valence-electron chi connectivity index (χ3n) is 1.67. The van der Waals surface area contributed by atoms with E-state index in [4.69, 9.17) is 9.99 Å². The van der Waals surface area contributed by atoms with Gasteiger partial charge in [-0.2, -0.15) is 0 Å². The summed E-state index contributed by atoms with van der Waals surface area (Å²) < 4.78 is 5.35. The van der Waals surface area contributed by atoms with Crippen molar-refractivity contribution in [2.45, 2.75) is 39.0 Å². The van der Waals surface area contributed by atoms with E-state index in [1.807, 2.05) is 0 Å². The predicted octanol–water partition coefficient (Wildman–Crippen LogP) is 2.46. The molecular weight excluding hydrogens is 156 g/mol. The van der Waals surface area contributed by atoms with Gasteiger partial charge in [-0.05, 0) is 19.3 Å². The molecule has 0 saturated carbocycles. The fraction of sp³-hybridized carbons (Fsp3) is 1.00. The molecule has 0 bridgehead atoms. The first kappa shape index (κ1) is 11.9. The van der Waals surface area contributed by atoms with Crippen molar-refractivity contribution < 1.29 is 14.9 Å². The summed E-state index contributed by atoms with van der Waals surface area (Å²) in [5.41, 5.74) is 0. The highest BCUT2D eigenvalue weighted by atomic mass is 17.1.